The van der Waals surface area contributed by atoms with Gasteiger partial charge in [0.15, 0.2) is 0 Å². The summed E-state index contributed by atoms with van der Waals surface area (Å²) in [5.41, 5.74) is 9.35. The lowest BCUT2D eigenvalue weighted by Gasteiger charge is -2.26. The van der Waals surface area contributed by atoms with Crippen LogP contribution in [0.15, 0.2) is 46.9 Å². The van der Waals surface area contributed by atoms with Crippen LogP contribution in [0.2, 0.25) is 0 Å². The number of ether oxygens (including phenoxy) is 2. The van der Waals surface area contributed by atoms with Gasteiger partial charge >= 0.3 is 0 Å². The highest BCUT2D eigenvalue weighted by Gasteiger charge is 2.21. The standard InChI is InChI=1S/C17H18BrNO2/c18-14-5-6-16(13(9-14)10-19)21-11-17-15-4-2-1-3-12(15)7-8-20-17/h1-6,9,17H,7-8,10-11,19H2. The maximum Gasteiger partial charge on any atom is 0.124 e. The molecular weight excluding hydrogens is 330 g/mol. The van der Waals surface area contributed by atoms with Gasteiger partial charge in [-0.3, -0.25) is 0 Å². The van der Waals surface area contributed by atoms with Crippen LogP contribution in [0.4, 0.5) is 0 Å². The third-order valence-corrected chi connectivity index (χ3v) is 4.22. The monoisotopic (exact) mass is 347 g/mol. The molecule has 1 heterocycles. The number of hydrogen-bond donors (Lipinski definition) is 1. The summed E-state index contributed by atoms with van der Waals surface area (Å²) in [5, 5.41) is 0. The summed E-state index contributed by atoms with van der Waals surface area (Å²) in [7, 11) is 0. The second kappa shape index (κ2) is 6.60. The average molecular weight is 348 g/mol. The zero-order valence-corrected chi connectivity index (χ0v) is 13.3. The van der Waals surface area contributed by atoms with Gasteiger partial charge in [0.1, 0.15) is 18.5 Å². The van der Waals surface area contributed by atoms with Crippen molar-refractivity contribution >= 4 is 15.9 Å². The number of hydrogen-bond acceptors (Lipinski definition) is 3. The van der Waals surface area contributed by atoms with E-state index in [9.17, 15) is 0 Å². The molecule has 110 valence electrons. The van der Waals surface area contributed by atoms with Crippen molar-refractivity contribution in [2.75, 3.05) is 13.2 Å². The highest BCUT2D eigenvalue weighted by atomic mass is 79.9. The molecule has 0 fully saturated rings. The Bertz CT molecular complexity index is 630. The Balaban J connectivity index is 1.74. The maximum atomic E-state index is 5.95. The topological polar surface area (TPSA) is 44.5 Å². The number of halogens is 1. The van der Waals surface area contributed by atoms with E-state index >= 15 is 0 Å². The first kappa shape index (κ1) is 14.6. The summed E-state index contributed by atoms with van der Waals surface area (Å²) >= 11 is 3.45. The predicted octanol–water partition coefficient (Wildman–Crippen LogP) is 3.60. The molecular formula is C17H18BrNO2. The van der Waals surface area contributed by atoms with Gasteiger partial charge in [0, 0.05) is 16.6 Å². The molecule has 0 aromatic heterocycles. The molecule has 0 amide bonds. The van der Waals surface area contributed by atoms with Crippen molar-refractivity contribution in [1.82, 2.24) is 0 Å². The zero-order chi connectivity index (χ0) is 14.7. The van der Waals surface area contributed by atoms with Crippen molar-refractivity contribution < 1.29 is 9.47 Å². The van der Waals surface area contributed by atoms with Crippen LogP contribution in [0, 0.1) is 0 Å². The number of benzene rings is 2. The molecule has 0 bridgehead atoms. The van der Waals surface area contributed by atoms with Gasteiger partial charge in [0.2, 0.25) is 0 Å². The summed E-state index contributed by atoms with van der Waals surface area (Å²) in [5.74, 6) is 0.826. The molecule has 1 aliphatic heterocycles. The highest BCUT2D eigenvalue weighted by Crippen LogP contribution is 2.29. The third-order valence-electron chi connectivity index (χ3n) is 3.73. The normalized spacial score (nSPS) is 17.3. The van der Waals surface area contributed by atoms with Crippen LogP contribution in [0.5, 0.6) is 5.75 Å². The Hall–Kier alpha value is -1.36. The zero-order valence-electron chi connectivity index (χ0n) is 11.7. The van der Waals surface area contributed by atoms with E-state index in [1.54, 1.807) is 0 Å². The highest BCUT2D eigenvalue weighted by molar-refractivity contribution is 9.10. The molecule has 2 aromatic carbocycles. The summed E-state index contributed by atoms with van der Waals surface area (Å²) in [6.07, 6.45) is 0.961. The summed E-state index contributed by atoms with van der Waals surface area (Å²) < 4.78 is 12.8. The molecule has 4 heteroatoms. The van der Waals surface area contributed by atoms with E-state index < -0.39 is 0 Å². The lowest BCUT2D eigenvalue weighted by Crippen LogP contribution is -2.22. The minimum absolute atomic E-state index is 0.00998. The van der Waals surface area contributed by atoms with Gasteiger partial charge in [0.25, 0.3) is 0 Å². The quantitative estimate of drug-likeness (QED) is 0.918. The molecule has 3 nitrogen and oxygen atoms in total. The first-order chi connectivity index (χ1) is 10.3. The maximum absolute atomic E-state index is 5.95. The van der Waals surface area contributed by atoms with Gasteiger partial charge in [-0.1, -0.05) is 40.2 Å². The van der Waals surface area contributed by atoms with Gasteiger partial charge in [-0.25, -0.2) is 0 Å². The van der Waals surface area contributed by atoms with Crippen LogP contribution in [0.3, 0.4) is 0 Å². The fraction of sp³-hybridized carbons (Fsp3) is 0.294. The van der Waals surface area contributed by atoms with Crippen LogP contribution >= 0.6 is 15.9 Å². The minimum atomic E-state index is -0.00998. The van der Waals surface area contributed by atoms with Gasteiger partial charge in [-0.05, 0) is 35.7 Å². The fourth-order valence-corrected chi connectivity index (χ4v) is 3.04. The van der Waals surface area contributed by atoms with Gasteiger partial charge < -0.3 is 15.2 Å². The molecule has 1 atom stereocenters. The summed E-state index contributed by atoms with van der Waals surface area (Å²) in [4.78, 5) is 0. The molecule has 0 saturated carbocycles. The SMILES string of the molecule is NCc1cc(Br)ccc1OCC1OCCc2ccccc21. The van der Waals surface area contributed by atoms with Crippen LogP contribution in [0.1, 0.15) is 22.8 Å². The van der Waals surface area contributed by atoms with E-state index in [0.29, 0.717) is 13.2 Å². The second-order valence-corrected chi connectivity index (χ2v) is 5.99. The summed E-state index contributed by atoms with van der Waals surface area (Å²) in [6, 6.07) is 14.3. The van der Waals surface area contributed by atoms with Crippen molar-refractivity contribution in [3.8, 4) is 5.75 Å². The first-order valence-electron chi connectivity index (χ1n) is 7.08. The molecule has 0 saturated heterocycles. The molecule has 3 rings (SSSR count). The molecule has 2 N–H and O–H groups in total. The average Bonchev–Trinajstić information content (AvgIpc) is 2.53. The van der Waals surface area contributed by atoms with Crippen LogP contribution in [-0.4, -0.2) is 13.2 Å². The van der Waals surface area contributed by atoms with E-state index in [-0.39, 0.29) is 6.10 Å². The minimum Gasteiger partial charge on any atom is -0.490 e. The lowest BCUT2D eigenvalue weighted by atomic mass is 9.98. The molecule has 1 unspecified atom stereocenters. The molecule has 21 heavy (non-hydrogen) atoms. The first-order valence-corrected chi connectivity index (χ1v) is 7.88. The largest absolute Gasteiger partial charge is 0.490 e. The number of nitrogens with two attached hydrogens (primary N) is 1. The van der Waals surface area contributed by atoms with E-state index in [0.717, 1.165) is 28.8 Å². The smallest absolute Gasteiger partial charge is 0.124 e. The van der Waals surface area contributed by atoms with E-state index in [1.807, 2.05) is 24.3 Å². The Morgan fingerprint density at radius 3 is 2.95 bits per heavy atom. The van der Waals surface area contributed by atoms with Gasteiger partial charge in [-0.2, -0.15) is 0 Å². The second-order valence-electron chi connectivity index (χ2n) is 5.08. The van der Waals surface area contributed by atoms with Crippen molar-refractivity contribution in [1.29, 1.82) is 0 Å². The number of fused-ring (bicyclic) bond motifs is 1. The van der Waals surface area contributed by atoms with Crippen molar-refractivity contribution in [3.05, 3.63) is 63.6 Å². The van der Waals surface area contributed by atoms with E-state index in [2.05, 4.69) is 34.1 Å². The van der Waals surface area contributed by atoms with Crippen LogP contribution < -0.4 is 10.5 Å². The van der Waals surface area contributed by atoms with Crippen molar-refractivity contribution in [2.24, 2.45) is 5.73 Å². The van der Waals surface area contributed by atoms with E-state index in [4.69, 9.17) is 15.2 Å². The number of rotatable bonds is 4. The van der Waals surface area contributed by atoms with Gasteiger partial charge in [-0.15, -0.1) is 0 Å². The van der Waals surface area contributed by atoms with Crippen LogP contribution in [0.25, 0.3) is 0 Å². The Kier molecular flexibility index (Phi) is 4.58. The van der Waals surface area contributed by atoms with Crippen molar-refractivity contribution in [2.45, 2.75) is 19.1 Å². The van der Waals surface area contributed by atoms with Crippen molar-refractivity contribution in [3.63, 3.8) is 0 Å². The van der Waals surface area contributed by atoms with E-state index in [1.165, 1.54) is 11.1 Å². The third kappa shape index (κ3) is 3.28. The van der Waals surface area contributed by atoms with Gasteiger partial charge in [0.05, 0.1) is 6.61 Å². The fourth-order valence-electron chi connectivity index (χ4n) is 2.63. The lowest BCUT2D eigenvalue weighted by molar-refractivity contribution is 0.00999. The molecule has 1 aliphatic rings. The Morgan fingerprint density at radius 1 is 1.24 bits per heavy atom. The van der Waals surface area contributed by atoms with Crippen LogP contribution in [-0.2, 0) is 17.7 Å². The predicted molar refractivity (Wildman–Crippen MR) is 86.4 cm³/mol. The summed E-state index contributed by atoms with van der Waals surface area (Å²) in [6.45, 7) is 1.71. The Labute approximate surface area is 133 Å². The molecule has 2 aromatic rings. The molecule has 0 spiro atoms. The Morgan fingerprint density at radius 2 is 2.10 bits per heavy atom. The molecule has 0 aliphatic carbocycles. The molecule has 0 radical (unpaired) electrons.